The molecule has 0 saturated carbocycles. The molecular weight excluding hydrogens is 329 g/mol. The van der Waals surface area contributed by atoms with Crippen molar-refractivity contribution in [1.29, 1.82) is 0 Å². The summed E-state index contributed by atoms with van der Waals surface area (Å²) in [5, 5.41) is 12.8. The van der Waals surface area contributed by atoms with Gasteiger partial charge in [-0.25, -0.2) is 4.39 Å². The molecule has 0 radical (unpaired) electrons. The molecule has 1 amide bonds. The summed E-state index contributed by atoms with van der Waals surface area (Å²) in [4.78, 5) is 11.9. The summed E-state index contributed by atoms with van der Waals surface area (Å²) in [7, 11) is 0. The van der Waals surface area contributed by atoms with Crippen molar-refractivity contribution in [3.63, 3.8) is 0 Å². The summed E-state index contributed by atoms with van der Waals surface area (Å²) in [5.41, 5.74) is -1.01. The van der Waals surface area contributed by atoms with Crippen LogP contribution in [0.5, 0.6) is 0 Å². The Morgan fingerprint density at radius 3 is 2.85 bits per heavy atom. The second-order valence-electron chi connectivity index (χ2n) is 4.56. The van der Waals surface area contributed by atoms with Crippen LogP contribution in [-0.2, 0) is 5.60 Å². The third-order valence-corrected chi connectivity index (χ3v) is 3.43. The maximum atomic E-state index is 13.1. The van der Waals surface area contributed by atoms with Crippen molar-refractivity contribution in [2.45, 2.75) is 12.5 Å². The number of amides is 1. The Hall–Kier alpha value is -1.66. The summed E-state index contributed by atoms with van der Waals surface area (Å²) in [6, 6.07) is 7.23. The van der Waals surface area contributed by atoms with E-state index in [1.807, 2.05) is 0 Å². The van der Waals surface area contributed by atoms with Crippen LogP contribution < -0.4 is 5.32 Å². The van der Waals surface area contributed by atoms with Crippen molar-refractivity contribution in [3.05, 3.63) is 58.2 Å². The van der Waals surface area contributed by atoms with E-state index < -0.39 is 17.3 Å². The summed E-state index contributed by atoms with van der Waals surface area (Å²) >= 11 is 3.02. The van der Waals surface area contributed by atoms with Crippen LogP contribution in [-0.4, -0.2) is 17.6 Å². The molecule has 2 N–H and O–H groups in total. The fourth-order valence-corrected chi connectivity index (χ4v) is 2.04. The van der Waals surface area contributed by atoms with E-state index in [9.17, 15) is 14.3 Å². The van der Waals surface area contributed by atoms with Gasteiger partial charge in [0, 0.05) is 5.56 Å². The van der Waals surface area contributed by atoms with Gasteiger partial charge in [0.1, 0.15) is 17.2 Å². The molecule has 0 saturated heterocycles. The number of carbonyl (C=O) groups excluding carboxylic acids is 1. The van der Waals surface area contributed by atoms with E-state index in [2.05, 4.69) is 21.2 Å². The number of furan rings is 1. The van der Waals surface area contributed by atoms with Gasteiger partial charge < -0.3 is 14.8 Å². The minimum atomic E-state index is -1.31. The Morgan fingerprint density at radius 2 is 2.25 bits per heavy atom. The average Bonchev–Trinajstić information content (AvgIpc) is 2.94. The number of aliphatic hydroxyl groups is 1. The van der Waals surface area contributed by atoms with Crippen LogP contribution in [0.2, 0.25) is 0 Å². The molecule has 1 aromatic heterocycles. The molecule has 0 bridgehead atoms. The van der Waals surface area contributed by atoms with Gasteiger partial charge in [-0.1, -0.05) is 0 Å². The molecule has 1 heterocycles. The zero-order valence-corrected chi connectivity index (χ0v) is 12.3. The quantitative estimate of drug-likeness (QED) is 0.898. The van der Waals surface area contributed by atoms with Crippen LogP contribution in [0.3, 0.4) is 0 Å². The predicted molar refractivity (Wildman–Crippen MR) is 74.7 cm³/mol. The summed E-state index contributed by atoms with van der Waals surface area (Å²) < 4.78 is 18.4. The van der Waals surface area contributed by atoms with Crippen molar-refractivity contribution in [1.82, 2.24) is 5.32 Å². The first-order valence-electron chi connectivity index (χ1n) is 5.90. The lowest BCUT2D eigenvalue weighted by molar-refractivity contribution is 0.0330. The van der Waals surface area contributed by atoms with Crippen molar-refractivity contribution >= 4 is 21.8 Å². The molecule has 20 heavy (non-hydrogen) atoms. The molecular formula is C14H13BrFNO3. The molecule has 2 rings (SSSR count). The van der Waals surface area contributed by atoms with Gasteiger partial charge in [-0.3, -0.25) is 4.79 Å². The minimum Gasteiger partial charge on any atom is -0.466 e. The van der Waals surface area contributed by atoms with Crippen molar-refractivity contribution in [2.24, 2.45) is 0 Å². The van der Waals surface area contributed by atoms with Gasteiger partial charge in [-0.05, 0) is 53.2 Å². The highest BCUT2D eigenvalue weighted by atomic mass is 79.9. The fourth-order valence-electron chi connectivity index (χ4n) is 1.66. The van der Waals surface area contributed by atoms with Gasteiger partial charge in [0.15, 0.2) is 0 Å². The zero-order valence-electron chi connectivity index (χ0n) is 10.7. The number of benzene rings is 1. The SMILES string of the molecule is CC(O)(CNC(=O)c1ccc(F)c(Br)c1)c1ccco1. The maximum absolute atomic E-state index is 13.1. The molecule has 6 heteroatoms. The van der Waals surface area contributed by atoms with Gasteiger partial charge in [-0.2, -0.15) is 0 Å². The molecule has 106 valence electrons. The van der Waals surface area contributed by atoms with Crippen LogP contribution in [0.15, 0.2) is 45.5 Å². The molecule has 4 nitrogen and oxygen atoms in total. The number of hydrogen-bond donors (Lipinski definition) is 2. The lowest BCUT2D eigenvalue weighted by Gasteiger charge is -2.21. The lowest BCUT2D eigenvalue weighted by Crippen LogP contribution is -2.38. The number of nitrogens with one attached hydrogen (secondary N) is 1. The normalized spacial score (nSPS) is 13.8. The predicted octanol–water partition coefficient (Wildman–Crippen LogP) is 2.82. The summed E-state index contributed by atoms with van der Waals surface area (Å²) in [5.74, 6) is -0.486. The van der Waals surface area contributed by atoms with E-state index >= 15 is 0 Å². The maximum Gasteiger partial charge on any atom is 0.251 e. The third-order valence-electron chi connectivity index (χ3n) is 2.83. The third kappa shape index (κ3) is 3.26. The number of halogens is 2. The van der Waals surface area contributed by atoms with Crippen molar-refractivity contribution in [3.8, 4) is 0 Å². The molecule has 1 unspecified atom stereocenters. The Morgan fingerprint density at radius 1 is 1.50 bits per heavy atom. The van der Waals surface area contributed by atoms with E-state index in [1.165, 1.54) is 31.4 Å². The van der Waals surface area contributed by atoms with Gasteiger partial charge in [0.05, 0.1) is 17.3 Å². The zero-order chi connectivity index (χ0) is 14.8. The smallest absolute Gasteiger partial charge is 0.251 e. The van der Waals surface area contributed by atoms with Crippen LogP contribution in [0.25, 0.3) is 0 Å². The molecule has 0 aliphatic rings. The lowest BCUT2D eigenvalue weighted by atomic mass is 10.0. The Labute approximate surface area is 123 Å². The number of hydrogen-bond acceptors (Lipinski definition) is 3. The van der Waals surface area contributed by atoms with E-state index in [0.29, 0.717) is 11.3 Å². The minimum absolute atomic E-state index is 0.0195. The first-order chi connectivity index (χ1) is 9.40. The first-order valence-corrected chi connectivity index (χ1v) is 6.69. The molecule has 2 aromatic rings. The molecule has 1 atom stereocenters. The first kappa shape index (κ1) is 14.7. The van der Waals surface area contributed by atoms with Gasteiger partial charge in [-0.15, -0.1) is 0 Å². The molecule has 0 aliphatic carbocycles. The van der Waals surface area contributed by atoms with Crippen LogP contribution in [0.1, 0.15) is 23.0 Å². The monoisotopic (exact) mass is 341 g/mol. The molecule has 1 aromatic carbocycles. The van der Waals surface area contributed by atoms with Gasteiger partial charge in [0.2, 0.25) is 0 Å². The van der Waals surface area contributed by atoms with Crippen molar-refractivity contribution < 1.29 is 18.7 Å². The second-order valence-corrected chi connectivity index (χ2v) is 5.42. The Bertz CT molecular complexity index is 611. The van der Waals surface area contributed by atoms with E-state index in [4.69, 9.17) is 4.42 Å². The largest absolute Gasteiger partial charge is 0.466 e. The van der Waals surface area contributed by atoms with Crippen molar-refractivity contribution in [2.75, 3.05) is 6.54 Å². The highest BCUT2D eigenvalue weighted by molar-refractivity contribution is 9.10. The summed E-state index contributed by atoms with van der Waals surface area (Å²) in [6.07, 6.45) is 1.45. The average molecular weight is 342 g/mol. The van der Waals surface area contributed by atoms with E-state index in [0.717, 1.165) is 0 Å². The Balaban J connectivity index is 2.03. The fraction of sp³-hybridized carbons (Fsp3) is 0.214. The Kier molecular flexibility index (Phi) is 4.25. The highest BCUT2D eigenvalue weighted by Gasteiger charge is 2.27. The van der Waals surface area contributed by atoms with Crippen LogP contribution >= 0.6 is 15.9 Å². The summed E-state index contributed by atoms with van der Waals surface area (Å²) in [6.45, 7) is 1.51. The molecule has 0 aliphatic heterocycles. The van der Waals surface area contributed by atoms with E-state index in [1.54, 1.807) is 12.1 Å². The topological polar surface area (TPSA) is 62.5 Å². The molecule has 0 fully saturated rings. The van der Waals surface area contributed by atoms with Crippen LogP contribution in [0, 0.1) is 5.82 Å². The van der Waals surface area contributed by atoms with E-state index in [-0.39, 0.29) is 11.0 Å². The number of carbonyl (C=O) groups is 1. The van der Waals surface area contributed by atoms with Crippen LogP contribution in [0.4, 0.5) is 4.39 Å². The standard InChI is InChI=1S/C14H13BrFNO3/c1-14(19,12-3-2-6-20-12)8-17-13(18)9-4-5-11(16)10(15)7-9/h2-7,19H,8H2,1H3,(H,17,18). The molecule has 0 spiro atoms. The van der Waals surface area contributed by atoms with Gasteiger partial charge >= 0.3 is 0 Å². The number of rotatable bonds is 4. The second kappa shape index (κ2) is 5.76. The highest BCUT2D eigenvalue weighted by Crippen LogP contribution is 2.20. The van der Waals surface area contributed by atoms with Gasteiger partial charge in [0.25, 0.3) is 5.91 Å².